The SMILES string of the molecule is COC(=O)c1c(NC(=O)c2ccc(S(=O)(=O)N3CC(C)OC(C)C3)cc2)sc2c1CCN(C(C)C)C2. The normalized spacial score (nSPS) is 21.3. The number of nitrogens with one attached hydrogen (secondary N) is 1. The Balaban J connectivity index is 1.54. The zero-order valence-corrected chi connectivity index (χ0v) is 22.9. The highest BCUT2D eigenvalue weighted by atomic mass is 32.2. The first-order chi connectivity index (χ1) is 17.0. The van der Waals surface area contributed by atoms with Crippen LogP contribution in [0.15, 0.2) is 29.2 Å². The zero-order valence-electron chi connectivity index (χ0n) is 21.2. The second kappa shape index (κ2) is 10.6. The molecule has 0 bridgehead atoms. The van der Waals surface area contributed by atoms with Crippen LogP contribution < -0.4 is 5.32 Å². The van der Waals surface area contributed by atoms with Crippen molar-refractivity contribution in [3.05, 3.63) is 45.8 Å². The predicted molar refractivity (Wildman–Crippen MR) is 138 cm³/mol. The molecule has 0 saturated carbocycles. The van der Waals surface area contributed by atoms with E-state index in [1.165, 1.54) is 47.0 Å². The Labute approximate surface area is 216 Å². The summed E-state index contributed by atoms with van der Waals surface area (Å²) in [5.41, 5.74) is 1.63. The first-order valence-corrected chi connectivity index (χ1v) is 14.3. The number of anilines is 1. The molecule has 196 valence electrons. The Morgan fingerprint density at radius 1 is 1.14 bits per heavy atom. The minimum atomic E-state index is -3.71. The molecular weight excluding hydrogens is 502 g/mol. The molecule has 11 heteroatoms. The fourth-order valence-electron chi connectivity index (χ4n) is 4.70. The summed E-state index contributed by atoms with van der Waals surface area (Å²) in [5, 5.41) is 3.31. The maximum absolute atomic E-state index is 13.1. The molecule has 2 aliphatic heterocycles. The van der Waals surface area contributed by atoms with Gasteiger partial charge in [0.2, 0.25) is 10.0 Å². The van der Waals surface area contributed by atoms with Crippen LogP contribution in [0.4, 0.5) is 5.00 Å². The molecule has 2 aliphatic rings. The van der Waals surface area contributed by atoms with Crippen molar-refractivity contribution in [3.63, 3.8) is 0 Å². The van der Waals surface area contributed by atoms with Crippen molar-refractivity contribution >= 4 is 38.2 Å². The number of fused-ring (bicyclic) bond motifs is 1. The lowest BCUT2D eigenvalue weighted by molar-refractivity contribution is -0.0440. The summed E-state index contributed by atoms with van der Waals surface area (Å²) in [6, 6.07) is 6.23. The van der Waals surface area contributed by atoms with E-state index in [0.29, 0.717) is 35.1 Å². The zero-order chi connectivity index (χ0) is 26.2. The molecule has 9 nitrogen and oxygen atoms in total. The first kappa shape index (κ1) is 26.7. The van der Waals surface area contributed by atoms with Gasteiger partial charge in [-0.15, -0.1) is 11.3 Å². The highest BCUT2D eigenvalue weighted by Gasteiger charge is 2.33. The Hall–Kier alpha value is -2.31. The van der Waals surface area contributed by atoms with E-state index in [0.717, 1.165) is 17.0 Å². The molecule has 0 radical (unpaired) electrons. The smallest absolute Gasteiger partial charge is 0.341 e. The highest BCUT2D eigenvalue weighted by molar-refractivity contribution is 7.89. The Morgan fingerprint density at radius 3 is 2.36 bits per heavy atom. The molecule has 1 aromatic carbocycles. The average molecular weight is 536 g/mol. The van der Waals surface area contributed by atoms with Crippen molar-refractivity contribution < 1.29 is 27.5 Å². The van der Waals surface area contributed by atoms with Crippen molar-refractivity contribution in [2.45, 2.75) is 63.8 Å². The van der Waals surface area contributed by atoms with E-state index in [9.17, 15) is 18.0 Å². The van der Waals surface area contributed by atoms with Crippen LogP contribution in [-0.2, 0) is 32.5 Å². The van der Waals surface area contributed by atoms with E-state index in [1.54, 1.807) is 0 Å². The van der Waals surface area contributed by atoms with E-state index >= 15 is 0 Å². The topological polar surface area (TPSA) is 105 Å². The van der Waals surface area contributed by atoms with Gasteiger partial charge in [-0.3, -0.25) is 9.69 Å². The molecule has 2 aromatic rings. The van der Waals surface area contributed by atoms with Crippen molar-refractivity contribution in [3.8, 4) is 0 Å². The Morgan fingerprint density at radius 2 is 1.78 bits per heavy atom. The van der Waals surface area contributed by atoms with Gasteiger partial charge in [0.1, 0.15) is 5.00 Å². The number of carbonyl (C=O) groups is 2. The third-order valence-corrected chi connectivity index (χ3v) is 9.55. The molecule has 0 aliphatic carbocycles. The number of rotatable bonds is 6. The van der Waals surface area contributed by atoms with Gasteiger partial charge < -0.3 is 14.8 Å². The van der Waals surface area contributed by atoms with Crippen molar-refractivity contribution in [1.29, 1.82) is 0 Å². The molecule has 1 fully saturated rings. The minimum Gasteiger partial charge on any atom is -0.465 e. The summed E-state index contributed by atoms with van der Waals surface area (Å²) >= 11 is 1.39. The van der Waals surface area contributed by atoms with E-state index < -0.39 is 21.9 Å². The lowest BCUT2D eigenvalue weighted by Gasteiger charge is -2.34. The number of hydrogen-bond acceptors (Lipinski definition) is 8. The molecule has 3 heterocycles. The molecule has 36 heavy (non-hydrogen) atoms. The van der Waals surface area contributed by atoms with E-state index in [1.807, 2.05) is 13.8 Å². The van der Waals surface area contributed by atoms with Crippen molar-refractivity contribution in [2.24, 2.45) is 0 Å². The maximum atomic E-state index is 13.1. The number of hydrogen-bond donors (Lipinski definition) is 1. The minimum absolute atomic E-state index is 0.121. The lowest BCUT2D eigenvalue weighted by Crippen LogP contribution is -2.48. The number of nitrogens with zero attached hydrogens (tertiary/aromatic N) is 2. The average Bonchev–Trinajstić information content (AvgIpc) is 3.19. The van der Waals surface area contributed by atoms with Gasteiger partial charge in [0, 0.05) is 42.7 Å². The van der Waals surface area contributed by atoms with Crippen LogP contribution in [0.2, 0.25) is 0 Å². The van der Waals surface area contributed by atoms with Crippen LogP contribution in [0.1, 0.15) is 58.9 Å². The number of esters is 1. The highest BCUT2D eigenvalue weighted by Crippen LogP contribution is 2.38. The largest absolute Gasteiger partial charge is 0.465 e. The van der Waals surface area contributed by atoms with Crippen LogP contribution in [-0.4, -0.2) is 74.5 Å². The second-order valence-electron chi connectivity index (χ2n) is 9.57. The fourth-order valence-corrected chi connectivity index (χ4v) is 7.55. The number of thiophene rings is 1. The lowest BCUT2D eigenvalue weighted by atomic mass is 10.0. The van der Waals surface area contributed by atoms with Crippen LogP contribution in [0.3, 0.4) is 0 Å². The van der Waals surface area contributed by atoms with E-state index in [4.69, 9.17) is 9.47 Å². The number of sulfonamides is 1. The number of morpholine rings is 1. The van der Waals surface area contributed by atoms with Gasteiger partial charge in [-0.25, -0.2) is 13.2 Å². The third kappa shape index (κ3) is 5.35. The molecule has 2 unspecified atom stereocenters. The molecule has 1 saturated heterocycles. The molecule has 0 spiro atoms. The van der Waals surface area contributed by atoms with Gasteiger partial charge >= 0.3 is 5.97 Å². The number of amides is 1. The van der Waals surface area contributed by atoms with Crippen molar-refractivity contribution in [2.75, 3.05) is 32.1 Å². The standard InChI is InChI=1S/C25H33N3O6S2/c1-15(2)27-11-10-20-21(14-27)35-24(22(20)25(30)33-5)26-23(29)18-6-8-19(9-7-18)36(31,32)28-12-16(3)34-17(4)13-28/h6-9,15-17H,10-14H2,1-5H3,(H,26,29). The molecule has 2 atom stereocenters. The molecule has 1 amide bonds. The number of carbonyl (C=O) groups excluding carboxylic acids is 2. The first-order valence-electron chi connectivity index (χ1n) is 12.0. The fraction of sp³-hybridized carbons (Fsp3) is 0.520. The summed E-state index contributed by atoms with van der Waals surface area (Å²) in [6.45, 7) is 10.1. The van der Waals surface area contributed by atoms with Crippen LogP contribution in [0.5, 0.6) is 0 Å². The number of benzene rings is 1. The van der Waals surface area contributed by atoms with Crippen LogP contribution in [0.25, 0.3) is 0 Å². The maximum Gasteiger partial charge on any atom is 0.341 e. The molecule has 4 rings (SSSR count). The molecular formula is C25H33N3O6S2. The van der Waals surface area contributed by atoms with Gasteiger partial charge in [0.05, 0.1) is 29.8 Å². The second-order valence-corrected chi connectivity index (χ2v) is 12.6. The molecule has 1 N–H and O–H groups in total. The van der Waals surface area contributed by atoms with Gasteiger partial charge in [0.25, 0.3) is 5.91 Å². The quantitative estimate of drug-likeness (QED) is 0.566. The van der Waals surface area contributed by atoms with Crippen LogP contribution in [0, 0.1) is 0 Å². The summed E-state index contributed by atoms with van der Waals surface area (Å²) in [7, 11) is -2.38. The Bertz CT molecular complexity index is 1230. The Kier molecular flexibility index (Phi) is 7.86. The summed E-state index contributed by atoms with van der Waals surface area (Å²) < 4.78 is 38.3. The van der Waals surface area contributed by atoms with Gasteiger partial charge in [0.15, 0.2) is 0 Å². The monoisotopic (exact) mass is 535 g/mol. The number of methoxy groups -OCH3 is 1. The van der Waals surface area contributed by atoms with Gasteiger partial charge in [-0.05, 0) is 63.9 Å². The molecule has 1 aromatic heterocycles. The summed E-state index contributed by atoms with van der Waals surface area (Å²) in [4.78, 5) is 29.1. The van der Waals surface area contributed by atoms with Gasteiger partial charge in [-0.2, -0.15) is 4.31 Å². The van der Waals surface area contributed by atoms with Crippen molar-refractivity contribution in [1.82, 2.24) is 9.21 Å². The summed E-state index contributed by atoms with van der Waals surface area (Å²) in [5.74, 6) is -0.895. The predicted octanol–water partition coefficient (Wildman–Crippen LogP) is 3.35. The van der Waals surface area contributed by atoms with E-state index in [2.05, 4.69) is 24.1 Å². The van der Waals surface area contributed by atoms with Gasteiger partial charge in [-0.1, -0.05) is 0 Å². The summed E-state index contributed by atoms with van der Waals surface area (Å²) in [6.07, 6.45) is 0.318. The third-order valence-electron chi connectivity index (χ3n) is 6.57. The van der Waals surface area contributed by atoms with Crippen LogP contribution >= 0.6 is 11.3 Å². The number of ether oxygens (including phenoxy) is 2. The van der Waals surface area contributed by atoms with E-state index in [-0.39, 0.29) is 30.2 Å².